The monoisotopic (exact) mass is 237 g/mol. The maximum atomic E-state index is 5.16. The Morgan fingerprint density at radius 3 is 2.71 bits per heavy atom. The molecule has 0 bridgehead atoms. The zero-order chi connectivity index (χ0) is 11.9. The van der Waals surface area contributed by atoms with E-state index in [9.17, 15) is 0 Å². The molecule has 5 nitrogen and oxygen atoms in total. The lowest BCUT2D eigenvalue weighted by Crippen LogP contribution is -2.35. The fraction of sp³-hybridized carbons (Fsp3) is 0.583. The molecular weight excluding hydrogens is 218 g/mol. The van der Waals surface area contributed by atoms with Crippen LogP contribution in [0.1, 0.15) is 12.8 Å². The van der Waals surface area contributed by atoms with Crippen molar-refractivity contribution in [2.75, 3.05) is 31.7 Å². The molecule has 0 spiro atoms. The molecule has 0 aromatic carbocycles. The van der Waals surface area contributed by atoms with Gasteiger partial charge in [-0.1, -0.05) is 5.64 Å². The van der Waals surface area contributed by atoms with E-state index in [4.69, 9.17) is 4.84 Å². The van der Waals surface area contributed by atoms with Gasteiger partial charge >= 0.3 is 0 Å². The smallest absolute Gasteiger partial charge is 0.0738 e. The molecular formula is C12H19N3O2. The lowest BCUT2D eigenvalue weighted by molar-refractivity contribution is -0.160. The van der Waals surface area contributed by atoms with E-state index in [1.807, 2.05) is 12.4 Å². The Hall–Kier alpha value is -1.17. The predicted octanol–water partition coefficient (Wildman–Crippen LogP) is 1.38. The summed E-state index contributed by atoms with van der Waals surface area (Å²) in [5.74, 6) is 0.607. The van der Waals surface area contributed by atoms with E-state index < -0.39 is 0 Å². The average Bonchev–Trinajstić information content (AvgIpc) is 2.41. The Bertz CT molecular complexity index is 313. The van der Waals surface area contributed by atoms with Gasteiger partial charge in [-0.05, 0) is 30.9 Å². The topological polar surface area (TPSA) is 46.6 Å². The SMILES string of the molecule is CONOCC1CCN(c2ccncc2)CC1. The van der Waals surface area contributed by atoms with Crippen molar-refractivity contribution in [1.82, 2.24) is 10.6 Å². The summed E-state index contributed by atoms with van der Waals surface area (Å²) < 4.78 is 0. The van der Waals surface area contributed by atoms with Gasteiger partial charge in [-0.2, -0.15) is 0 Å². The molecule has 17 heavy (non-hydrogen) atoms. The third-order valence-electron chi connectivity index (χ3n) is 3.10. The first-order chi connectivity index (χ1) is 8.40. The second-order valence-corrected chi connectivity index (χ2v) is 4.23. The average molecular weight is 237 g/mol. The van der Waals surface area contributed by atoms with Crippen LogP contribution in [0.2, 0.25) is 0 Å². The third-order valence-corrected chi connectivity index (χ3v) is 3.10. The molecule has 0 aliphatic carbocycles. The van der Waals surface area contributed by atoms with Crippen molar-refractivity contribution in [1.29, 1.82) is 0 Å². The van der Waals surface area contributed by atoms with Crippen molar-refractivity contribution in [2.45, 2.75) is 12.8 Å². The highest BCUT2D eigenvalue weighted by Crippen LogP contribution is 2.22. The van der Waals surface area contributed by atoms with Gasteiger partial charge in [0.15, 0.2) is 0 Å². The number of piperidine rings is 1. The zero-order valence-electron chi connectivity index (χ0n) is 10.1. The molecule has 1 saturated heterocycles. The molecule has 0 atom stereocenters. The minimum atomic E-state index is 0.607. The number of nitrogens with zero attached hydrogens (tertiary/aromatic N) is 2. The maximum Gasteiger partial charge on any atom is 0.0738 e. The molecule has 5 heteroatoms. The second-order valence-electron chi connectivity index (χ2n) is 4.23. The van der Waals surface area contributed by atoms with E-state index in [0.717, 1.165) is 25.9 Å². The van der Waals surface area contributed by atoms with Crippen molar-refractivity contribution < 1.29 is 9.68 Å². The van der Waals surface area contributed by atoms with E-state index in [0.29, 0.717) is 12.5 Å². The molecule has 2 heterocycles. The summed E-state index contributed by atoms with van der Waals surface area (Å²) in [6, 6.07) is 4.12. The van der Waals surface area contributed by atoms with Gasteiger partial charge < -0.3 is 4.90 Å². The lowest BCUT2D eigenvalue weighted by atomic mass is 9.97. The van der Waals surface area contributed by atoms with E-state index in [-0.39, 0.29) is 0 Å². The van der Waals surface area contributed by atoms with Crippen LogP contribution in [0.15, 0.2) is 24.5 Å². The Morgan fingerprint density at radius 2 is 2.06 bits per heavy atom. The standard InChI is InChI=1S/C12H19N3O2/c1-16-14-17-10-11-4-8-15(9-5-11)12-2-6-13-7-3-12/h2-3,6-7,11,14H,4-5,8-10H2,1H3. The van der Waals surface area contributed by atoms with E-state index in [1.165, 1.54) is 5.69 Å². The zero-order valence-corrected chi connectivity index (χ0v) is 10.1. The predicted molar refractivity (Wildman–Crippen MR) is 65.3 cm³/mol. The summed E-state index contributed by atoms with van der Waals surface area (Å²) in [7, 11) is 1.55. The van der Waals surface area contributed by atoms with E-state index in [1.54, 1.807) is 7.11 Å². The Balaban J connectivity index is 1.74. The lowest BCUT2D eigenvalue weighted by Gasteiger charge is -2.33. The summed E-state index contributed by atoms with van der Waals surface area (Å²) in [5.41, 5.74) is 3.68. The molecule has 0 amide bonds. The fourth-order valence-corrected chi connectivity index (χ4v) is 2.12. The molecule has 1 aromatic rings. The first kappa shape index (κ1) is 12.3. The number of nitrogens with one attached hydrogen (secondary N) is 1. The highest BCUT2D eigenvalue weighted by Gasteiger charge is 2.19. The molecule has 1 aromatic heterocycles. The van der Waals surface area contributed by atoms with Crippen LogP contribution in [0.5, 0.6) is 0 Å². The van der Waals surface area contributed by atoms with Gasteiger partial charge in [-0.3, -0.25) is 14.7 Å². The van der Waals surface area contributed by atoms with Gasteiger partial charge in [0.25, 0.3) is 0 Å². The van der Waals surface area contributed by atoms with E-state index >= 15 is 0 Å². The maximum absolute atomic E-state index is 5.16. The van der Waals surface area contributed by atoms with Crippen molar-refractivity contribution in [3.05, 3.63) is 24.5 Å². The van der Waals surface area contributed by atoms with Crippen LogP contribution in [-0.2, 0) is 9.68 Å². The van der Waals surface area contributed by atoms with Crippen LogP contribution in [0.3, 0.4) is 0 Å². The molecule has 1 aliphatic heterocycles. The highest BCUT2D eigenvalue weighted by atomic mass is 16.9. The molecule has 1 fully saturated rings. The molecule has 2 rings (SSSR count). The number of hydrogen-bond acceptors (Lipinski definition) is 5. The number of hydrogen-bond donors (Lipinski definition) is 1. The van der Waals surface area contributed by atoms with E-state index in [2.05, 4.69) is 32.5 Å². The molecule has 0 radical (unpaired) electrons. The fourth-order valence-electron chi connectivity index (χ4n) is 2.12. The van der Waals surface area contributed by atoms with Crippen LogP contribution in [0, 0.1) is 5.92 Å². The van der Waals surface area contributed by atoms with Gasteiger partial charge in [0.05, 0.1) is 13.7 Å². The first-order valence-corrected chi connectivity index (χ1v) is 5.95. The van der Waals surface area contributed by atoms with Crippen molar-refractivity contribution in [3.8, 4) is 0 Å². The minimum Gasteiger partial charge on any atom is -0.371 e. The normalized spacial score (nSPS) is 17.4. The Kier molecular flexibility index (Phi) is 4.73. The number of rotatable bonds is 5. The summed E-state index contributed by atoms with van der Waals surface area (Å²) in [4.78, 5) is 16.2. The van der Waals surface area contributed by atoms with Gasteiger partial charge in [0.2, 0.25) is 0 Å². The van der Waals surface area contributed by atoms with Crippen molar-refractivity contribution in [3.63, 3.8) is 0 Å². The van der Waals surface area contributed by atoms with Gasteiger partial charge in [0.1, 0.15) is 0 Å². The molecule has 1 N–H and O–H groups in total. The molecule has 0 unspecified atom stereocenters. The molecule has 94 valence electrons. The number of aromatic nitrogens is 1. The Labute approximate surface area is 102 Å². The first-order valence-electron chi connectivity index (χ1n) is 5.95. The van der Waals surface area contributed by atoms with Gasteiger partial charge in [-0.25, -0.2) is 0 Å². The second kappa shape index (κ2) is 6.54. The van der Waals surface area contributed by atoms with Gasteiger partial charge in [-0.15, -0.1) is 0 Å². The molecule has 0 saturated carbocycles. The summed E-state index contributed by atoms with van der Waals surface area (Å²) in [6.45, 7) is 2.86. The number of anilines is 1. The van der Waals surface area contributed by atoms with Crippen LogP contribution in [-0.4, -0.2) is 31.8 Å². The largest absolute Gasteiger partial charge is 0.371 e. The van der Waals surface area contributed by atoms with Crippen LogP contribution >= 0.6 is 0 Å². The Morgan fingerprint density at radius 1 is 1.35 bits per heavy atom. The van der Waals surface area contributed by atoms with Crippen LogP contribution in [0.25, 0.3) is 0 Å². The van der Waals surface area contributed by atoms with Crippen molar-refractivity contribution >= 4 is 5.69 Å². The van der Waals surface area contributed by atoms with Crippen molar-refractivity contribution in [2.24, 2.45) is 5.92 Å². The van der Waals surface area contributed by atoms with Crippen LogP contribution in [0.4, 0.5) is 5.69 Å². The minimum absolute atomic E-state index is 0.607. The molecule has 1 aliphatic rings. The third kappa shape index (κ3) is 3.66. The van der Waals surface area contributed by atoms with Crippen LogP contribution < -0.4 is 10.5 Å². The summed E-state index contributed by atoms with van der Waals surface area (Å²) in [6.07, 6.45) is 5.97. The van der Waals surface area contributed by atoms with Gasteiger partial charge in [0, 0.05) is 31.2 Å². The summed E-state index contributed by atoms with van der Waals surface area (Å²) >= 11 is 0. The number of pyridine rings is 1. The quantitative estimate of drug-likeness (QED) is 0.619. The highest BCUT2D eigenvalue weighted by molar-refractivity contribution is 5.44. The summed E-state index contributed by atoms with van der Waals surface area (Å²) in [5, 5.41) is 0.